The van der Waals surface area contributed by atoms with Gasteiger partial charge >= 0.3 is 0 Å². The van der Waals surface area contributed by atoms with Crippen molar-refractivity contribution in [2.75, 3.05) is 6.61 Å². The van der Waals surface area contributed by atoms with Crippen LogP contribution in [0.1, 0.15) is 51.0 Å². The van der Waals surface area contributed by atoms with Crippen LogP contribution >= 0.6 is 0 Å². The van der Waals surface area contributed by atoms with Crippen LogP contribution in [0.5, 0.6) is 0 Å². The molecule has 3 heteroatoms. The van der Waals surface area contributed by atoms with Crippen LogP contribution in [0.25, 0.3) is 11.1 Å². The minimum Gasteiger partial charge on any atom is -0.396 e. The van der Waals surface area contributed by atoms with Crippen LogP contribution < -0.4 is 5.90 Å². The van der Waals surface area contributed by atoms with E-state index in [4.69, 9.17) is 10.7 Å². The highest BCUT2D eigenvalue weighted by atomic mass is 16.6. The summed E-state index contributed by atoms with van der Waals surface area (Å²) in [5.74, 6) is 5.47. The van der Waals surface area contributed by atoms with E-state index in [9.17, 15) is 5.11 Å². The number of nitrogens with two attached hydrogens (primary N) is 1. The molecule has 0 aromatic heterocycles. The average Bonchev–Trinajstić information content (AvgIpc) is 2.71. The van der Waals surface area contributed by atoms with E-state index in [2.05, 4.69) is 57.2 Å². The van der Waals surface area contributed by atoms with E-state index >= 15 is 0 Å². The first-order valence-electron chi connectivity index (χ1n) is 10.1. The Morgan fingerprint density at radius 1 is 0.793 bits per heavy atom. The first-order chi connectivity index (χ1) is 13.9. The van der Waals surface area contributed by atoms with Crippen molar-refractivity contribution < 1.29 is 9.94 Å². The number of aliphatic hydroxyl groups is 1. The van der Waals surface area contributed by atoms with Gasteiger partial charge in [0.15, 0.2) is 0 Å². The van der Waals surface area contributed by atoms with Crippen molar-refractivity contribution in [3.8, 4) is 11.1 Å². The van der Waals surface area contributed by atoms with E-state index in [0.29, 0.717) is 0 Å². The molecule has 0 aliphatic carbocycles. The normalized spacial score (nSPS) is 13.3. The summed E-state index contributed by atoms with van der Waals surface area (Å²) in [5, 5.41) is 10.2. The molecular weight excluding hydrogens is 358 g/mol. The van der Waals surface area contributed by atoms with Crippen LogP contribution in [0.15, 0.2) is 54.6 Å². The van der Waals surface area contributed by atoms with Gasteiger partial charge in [-0.15, -0.1) is 0 Å². The fourth-order valence-corrected chi connectivity index (χ4v) is 4.14. The van der Waals surface area contributed by atoms with E-state index < -0.39 is 6.10 Å². The molecule has 3 aromatic carbocycles. The second-order valence-corrected chi connectivity index (χ2v) is 8.01. The summed E-state index contributed by atoms with van der Waals surface area (Å²) >= 11 is 0. The van der Waals surface area contributed by atoms with Crippen molar-refractivity contribution in [1.82, 2.24) is 0 Å². The maximum absolute atomic E-state index is 10.2. The van der Waals surface area contributed by atoms with Gasteiger partial charge in [-0.1, -0.05) is 54.6 Å². The zero-order valence-electron chi connectivity index (χ0n) is 18.0. The smallest absolute Gasteiger partial charge is 0.113 e. The summed E-state index contributed by atoms with van der Waals surface area (Å²) in [6, 6.07) is 18.9. The SMILES string of the molecule is Cc1cc(-c2ccc(C(CO)C(ON)c3c(C)cccc3C)cc2)cc(C)c1C. The maximum Gasteiger partial charge on any atom is 0.113 e. The van der Waals surface area contributed by atoms with Crippen molar-refractivity contribution in [3.05, 3.63) is 93.5 Å². The van der Waals surface area contributed by atoms with Gasteiger partial charge in [0, 0.05) is 5.92 Å². The molecule has 0 saturated carbocycles. The molecule has 0 fully saturated rings. The van der Waals surface area contributed by atoms with Gasteiger partial charge in [-0.25, -0.2) is 5.90 Å². The topological polar surface area (TPSA) is 55.5 Å². The van der Waals surface area contributed by atoms with Gasteiger partial charge in [0.25, 0.3) is 0 Å². The van der Waals surface area contributed by atoms with Crippen molar-refractivity contribution in [3.63, 3.8) is 0 Å². The third-order valence-electron chi connectivity index (χ3n) is 6.13. The van der Waals surface area contributed by atoms with Crippen molar-refractivity contribution in [2.24, 2.45) is 5.90 Å². The van der Waals surface area contributed by atoms with Crippen LogP contribution in [0.4, 0.5) is 0 Å². The molecule has 0 saturated heterocycles. The highest BCUT2D eigenvalue weighted by Crippen LogP contribution is 2.37. The van der Waals surface area contributed by atoms with E-state index in [1.807, 2.05) is 32.0 Å². The van der Waals surface area contributed by atoms with E-state index in [0.717, 1.165) is 27.8 Å². The lowest BCUT2D eigenvalue weighted by atomic mass is 9.85. The highest BCUT2D eigenvalue weighted by molar-refractivity contribution is 5.66. The molecule has 0 heterocycles. The lowest BCUT2D eigenvalue weighted by Gasteiger charge is -2.27. The maximum atomic E-state index is 10.2. The molecule has 3 nitrogen and oxygen atoms in total. The summed E-state index contributed by atoms with van der Waals surface area (Å²) in [6.07, 6.45) is -0.407. The molecule has 152 valence electrons. The second kappa shape index (κ2) is 8.91. The molecule has 0 radical (unpaired) electrons. The summed E-state index contributed by atoms with van der Waals surface area (Å²) in [6.45, 7) is 10.5. The van der Waals surface area contributed by atoms with Crippen molar-refractivity contribution in [1.29, 1.82) is 0 Å². The second-order valence-electron chi connectivity index (χ2n) is 8.01. The number of aryl methyl sites for hydroxylation is 4. The standard InChI is InChI=1S/C26H31NO2/c1-16-7-6-8-17(2)25(16)26(29-27)24(15-28)22-11-9-21(10-12-22)23-13-18(3)20(5)19(4)14-23/h6-14,24,26,28H,15,27H2,1-5H3. The first-order valence-corrected chi connectivity index (χ1v) is 10.1. The number of hydrogen-bond donors (Lipinski definition) is 2. The quantitative estimate of drug-likeness (QED) is 0.539. The molecule has 0 amide bonds. The van der Waals surface area contributed by atoms with Gasteiger partial charge in [-0.2, -0.15) is 0 Å². The lowest BCUT2D eigenvalue weighted by molar-refractivity contribution is 0.0162. The van der Waals surface area contributed by atoms with E-state index in [1.54, 1.807) is 0 Å². The molecule has 3 rings (SSSR count). The van der Waals surface area contributed by atoms with Gasteiger partial charge in [0.2, 0.25) is 0 Å². The van der Waals surface area contributed by atoms with Gasteiger partial charge in [0.1, 0.15) is 6.10 Å². The van der Waals surface area contributed by atoms with Crippen LogP contribution in [0, 0.1) is 34.6 Å². The molecule has 0 spiro atoms. The molecule has 29 heavy (non-hydrogen) atoms. The summed E-state index contributed by atoms with van der Waals surface area (Å²) < 4.78 is 0. The minimum atomic E-state index is -0.407. The Balaban J connectivity index is 1.96. The molecular formula is C26H31NO2. The Kier molecular flexibility index (Phi) is 6.53. The zero-order chi connectivity index (χ0) is 21.1. The Bertz CT molecular complexity index is 949. The van der Waals surface area contributed by atoms with Gasteiger partial charge in [-0.05, 0) is 84.7 Å². The third-order valence-corrected chi connectivity index (χ3v) is 6.13. The molecule has 0 aliphatic rings. The minimum absolute atomic E-state index is 0.0439. The first kappa shape index (κ1) is 21.3. The molecule has 2 atom stereocenters. The lowest BCUT2D eigenvalue weighted by Crippen LogP contribution is -2.22. The number of hydrogen-bond acceptors (Lipinski definition) is 3. The van der Waals surface area contributed by atoms with Crippen LogP contribution in [-0.2, 0) is 4.84 Å². The highest BCUT2D eigenvalue weighted by Gasteiger charge is 2.27. The summed E-state index contributed by atoms with van der Waals surface area (Å²) in [7, 11) is 0. The van der Waals surface area contributed by atoms with Crippen LogP contribution in [0.2, 0.25) is 0 Å². The average molecular weight is 390 g/mol. The summed E-state index contributed by atoms with van der Waals surface area (Å²) in [5.41, 5.74) is 10.6. The molecule has 2 unspecified atom stereocenters. The van der Waals surface area contributed by atoms with E-state index in [-0.39, 0.29) is 12.5 Å². The monoisotopic (exact) mass is 389 g/mol. The van der Waals surface area contributed by atoms with Crippen molar-refractivity contribution >= 4 is 0 Å². The van der Waals surface area contributed by atoms with Gasteiger partial charge in [0.05, 0.1) is 6.61 Å². The van der Waals surface area contributed by atoms with Gasteiger partial charge in [-0.3, -0.25) is 4.84 Å². The number of aliphatic hydroxyl groups excluding tert-OH is 1. The Morgan fingerprint density at radius 3 is 1.83 bits per heavy atom. The summed E-state index contributed by atoms with van der Waals surface area (Å²) in [4.78, 5) is 5.40. The van der Waals surface area contributed by atoms with Gasteiger partial charge < -0.3 is 5.11 Å². The molecule has 3 aromatic rings. The van der Waals surface area contributed by atoms with Crippen LogP contribution in [-0.4, -0.2) is 11.7 Å². The molecule has 0 aliphatic heterocycles. The Hall–Kier alpha value is -2.46. The largest absolute Gasteiger partial charge is 0.396 e. The van der Waals surface area contributed by atoms with Crippen molar-refractivity contribution in [2.45, 2.75) is 46.6 Å². The predicted octanol–water partition coefficient (Wildman–Crippen LogP) is 5.60. The fourth-order valence-electron chi connectivity index (χ4n) is 4.14. The number of benzene rings is 3. The fraction of sp³-hybridized carbons (Fsp3) is 0.308. The zero-order valence-corrected chi connectivity index (χ0v) is 18.0. The Morgan fingerprint density at radius 2 is 1.34 bits per heavy atom. The molecule has 3 N–H and O–H groups in total. The third kappa shape index (κ3) is 4.27. The van der Waals surface area contributed by atoms with Crippen LogP contribution in [0.3, 0.4) is 0 Å². The predicted molar refractivity (Wildman–Crippen MR) is 120 cm³/mol. The number of rotatable bonds is 6. The molecule has 0 bridgehead atoms. The Labute approximate surface area is 174 Å². The van der Waals surface area contributed by atoms with E-state index in [1.165, 1.54) is 22.3 Å².